The number of rotatable bonds is 7. The monoisotopic (exact) mass is 393 g/mol. The highest BCUT2D eigenvalue weighted by Gasteiger charge is 2.13. The average molecular weight is 394 g/mol. The Morgan fingerprint density at radius 3 is 2.79 bits per heavy atom. The van der Waals surface area contributed by atoms with Crippen LogP contribution in [0.3, 0.4) is 0 Å². The molecule has 1 N–H and O–H groups in total. The van der Waals surface area contributed by atoms with Crippen molar-refractivity contribution in [2.24, 2.45) is 5.92 Å². The molecule has 19 heavy (non-hydrogen) atoms. The molecule has 0 fully saturated rings. The summed E-state index contributed by atoms with van der Waals surface area (Å²) in [4.78, 5) is 12.2. The molecule has 1 aromatic rings. The summed E-state index contributed by atoms with van der Waals surface area (Å²) >= 11 is 8.02. The highest BCUT2D eigenvalue weighted by Crippen LogP contribution is 2.17. The second kappa shape index (κ2) is 8.80. The molecule has 0 spiro atoms. The minimum atomic E-state index is 0.0174. The Labute approximate surface area is 134 Å². The zero-order valence-corrected chi connectivity index (χ0v) is 14.4. The van der Waals surface area contributed by atoms with Crippen LogP contribution in [0, 0.1) is 16.4 Å². The predicted molar refractivity (Wildman–Crippen MR) is 90.0 cm³/mol. The van der Waals surface area contributed by atoms with E-state index in [-0.39, 0.29) is 5.91 Å². The first-order valence-corrected chi connectivity index (χ1v) is 8.30. The SMILES string of the molecule is CCCC(CCCl)CNC(=O)c1cccc(C)c1I. The zero-order chi connectivity index (χ0) is 14.3. The van der Waals surface area contributed by atoms with Crippen molar-refractivity contribution in [3.63, 3.8) is 0 Å². The molecule has 106 valence electrons. The number of amides is 1. The van der Waals surface area contributed by atoms with E-state index >= 15 is 0 Å². The summed E-state index contributed by atoms with van der Waals surface area (Å²) in [6, 6.07) is 5.82. The topological polar surface area (TPSA) is 29.1 Å². The number of alkyl halides is 1. The number of aryl methyl sites for hydroxylation is 1. The Bertz CT molecular complexity index is 417. The number of hydrogen-bond donors (Lipinski definition) is 1. The van der Waals surface area contributed by atoms with Gasteiger partial charge in [-0.3, -0.25) is 4.79 Å². The molecule has 1 rings (SSSR count). The Hall–Kier alpha value is -0.290. The predicted octanol–water partition coefficient (Wildman–Crippen LogP) is 4.37. The summed E-state index contributed by atoms with van der Waals surface area (Å²) in [6.07, 6.45) is 3.19. The first-order valence-electron chi connectivity index (χ1n) is 6.69. The maximum Gasteiger partial charge on any atom is 0.252 e. The second-order valence-corrected chi connectivity index (χ2v) is 6.24. The number of carbonyl (C=O) groups is 1. The molecule has 1 unspecified atom stereocenters. The van der Waals surface area contributed by atoms with Crippen molar-refractivity contribution < 1.29 is 4.79 Å². The van der Waals surface area contributed by atoms with Crippen LogP contribution >= 0.6 is 34.2 Å². The van der Waals surface area contributed by atoms with E-state index in [4.69, 9.17) is 11.6 Å². The summed E-state index contributed by atoms with van der Waals surface area (Å²) < 4.78 is 1.03. The van der Waals surface area contributed by atoms with Crippen molar-refractivity contribution in [2.75, 3.05) is 12.4 Å². The van der Waals surface area contributed by atoms with Crippen molar-refractivity contribution in [2.45, 2.75) is 33.1 Å². The van der Waals surface area contributed by atoms with E-state index in [1.807, 2.05) is 25.1 Å². The van der Waals surface area contributed by atoms with Gasteiger partial charge in [0.1, 0.15) is 0 Å². The van der Waals surface area contributed by atoms with Gasteiger partial charge < -0.3 is 5.32 Å². The zero-order valence-electron chi connectivity index (χ0n) is 11.5. The molecule has 0 saturated heterocycles. The van der Waals surface area contributed by atoms with Gasteiger partial charge in [-0.1, -0.05) is 25.5 Å². The van der Waals surface area contributed by atoms with Crippen molar-refractivity contribution in [1.82, 2.24) is 5.32 Å². The van der Waals surface area contributed by atoms with Gasteiger partial charge in [0.25, 0.3) is 5.91 Å². The van der Waals surface area contributed by atoms with E-state index < -0.39 is 0 Å². The lowest BCUT2D eigenvalue weighted by atomic mass is 10.0. The molecule has 0 aromatic heterocycles. The summed E-state index contributed by atoms with van der Waals surface area (Å²) in [5.74, 6) is 1.15. The number of nitrogens with one attached hydrogen (secondary N) is 1. The minimum absolute atomic E-state index is 0.0174. The molecule has 0 radical (unpaired) electrons. The molecular formula is C15H21ClINO. The third-order valence-corrected chi connectivity index (χ3v) is 4.85. The number of halogens is 2. The van der Waals surface area contributed by atoms with Crippen molar-refractivity contribution >= 4 is 40.1 Å². The van der Waals surface area contributed by atoms with E-state index in [2.05, 4.69) is 34.8 Å². The van der Waals surface area contributed by atoms with Crippen LogP contribution in [-0.2, 0) is 0 Å². The van der Waals surface area contributed by atoms with E-state index in [1.54, 1.807) is 0 Å². The van der Waals surface area contributed by atoms with Crippen LogP contribution in [0.4, 0.5) is 0 Å². The fourth-order valence-corrected chi connectivity index (χ4v) is 2.98. The molecule has 0 aliphatic carbocycles. The third kappa shape index (κ3) is 5.30. The largest absolute Gasteiger partial charge is 0.352 e. The smallest absolute Gasteiger partial charge is 0.252 e. The number of carbonyl (C=O) groups excluding carboxylic acids is 1. The molecule has 1 amide bonds. The molecular weight excluding hydrogens is 373 g/mol. The Kier molecular flexibility index (Phi) is 7.76. The average Bonchev–Trinajstić information content (AvgIpc) is 2.39. The molecule has 1 atom stereocenters. The summed E-state index contributed by atoms with van der Waals surface area (Å²) in [5, 5.41) is 3.03. The van der Waals surface area contributed by atoms with Crippen molar-refractivity contribution in [3.8, 4) is 0 Å². The van der Waals surface area contributed by atoms with Crippen LogP contribution < -0.4 is 5.32 Å². The highest BCUT2D eigenvalue weighted by molar-refractivity contribution is 14.1. The summed E-state index contributed by atoms with van der Waals surface area (Å²) in [7, 11) is 0. The maximum absolute atomic E-state index is 12.2. The van der Waals surface area contributed by atoms with Gasteiger partial charge in [0.15, 0.2) is 0 Å². The van der Waals surface area contributed by atoms with E-state index in [0.717, 1.165) is 34.0 Å². The molecule has 1 aromatic carbocycles. The second-order valence-electron chi connectivity index (χ2n) is 4.78. The molecule has 0 aliphatic heterocycles. The minimum Gasteiger partial charge on any atom is -0.352 e. The molecule has 4 heteroatoms. The molecule has 2 nitrogen and oxygen atoms in total. The van der Waals surface area contributed by atoms with Crippen LogP contribution in [0.5, 0.6) is 0 Å². The molecule has 0 heterocycles. The fourth-order valence-electron chi connectivity index (χ4n) is 2.07. The lowest BCUT2D eigenvalue weighted by Gasteiger charge is -2.16. The lowest BCUT2D eigenvalue weighted by molar-refractivity contribution is 0.0945. The molecule has 0 saturated carbocycles. The van der Waals surface area contributed by atoms with Crippen LogP contribution in [-0.4, -0.2) is 18.3 Å². The van der Waals surface area contributed by atoms with Gasteiger partial charge in [0.05, 0.1) is 5.56 Å². The van der Waals surface area contributed by atoms with E-state index in [1.165, 1.54) is 0 Å². The number of benzene rings is 1. The van der Waals surface area contributed by atoms with Gasteiger partial charge in [-0.15, -0.1) is 11.6 Å². The quantitative estimate of drug-likeness (QED) is 0.541. The van der Waals surface area contributed by atoms with Crippen molar-refractivity contribution in [1.29, 1.82) is 0 Å². The van der Waals surface area contributed by atoms with Gasteiger partial charge in [-0.05, 0) is 59.9 Å². The first kappa shape index (κ1) is 16.8. The van der Waals surface area contributed by atoms with Crippen LogP contribution in [0.2, 0.25) is 0 Å². The number of hydrogen-bond acceptors (Lipinski definition) is 1. The maximum atomic E-state index is 12.2. The van der Waals surface area contributed by atoms with Gasteiger partial charge >= 0.3 is 0 Å². The molecule has 0 aliphatic rings. The lowest BCUT2D eigenvalue weighted by Crippen LogP contribution is -2.30. The Balaban J connectivity index is 2.61. The van der Waals surface area contributed by atoms with Crippen LogP contribution in [0.25, 0.3) is 0 Å². The Morgan fingerprint density at radius 2 is 2.16 bits per heavy atom. The van der Waals surface area contributed by atoms with Gasteiger partial charge in [0.2, 0.25) is 0 Å². The fraction of sp³-hybridized carbons (Fsp3) is 0.533. The van der Waals surface area contributed by atoms with Gasteiger partial charge in [-0.25, -0.2) is 0 Å². The van der Waals surface area contributed by atoms with E-state index in [9.17, 15) is 4.79 Å². The van der Waals surface area contributed by atoms with Crippen LogP contribution in [0.1, 0.15) is 42.1 Å². The van der Waals surface area contributed by atoms with Gasteiger partial charge in [0, 0.05) is 16.0 Å². The van der Waals surface area contributed by atoms with Crippen molar-refractivity contribution in [3.05, 3.63) is 32.9 Å². The first-order chi connectivity index (χ1) is 9.10. The Morgan fingerprint density at radius 1 is 1.42 bits per heavy atom. The third-order valence-electron chi connectivity index (χ3n) is 3.20. The summed E-state index contributed by atoms with van der Waals surface area (Å²) in [6.45, 7) is 4.89. The summed E-state index contributed by atoms with van der Waals surface area (Å²) in [5.41, 5.74) is 1.90. The van der Waals surface area contributed by atoms with Gasteiger partial charge in [-0.2, -0.15) is 0 Å². The van der Waals surface area contributed by atoms with E-state index in [0.29, 0.717) is 18.3 Å². The van der Waals surface area contributed by atoms with Crippen LogP contribution in [0.15, 0.2) is 18.2 Å². The standard InChI is InChI=1S/C15H21ClINO/c1-3-5-12(8-9-16)10-18-15(19)13-7-4-6-11(2)14(13)17/h4,6-7,12H,3,5,8-10H2,1-2H3,(H,18,19). The molecule has 0 bridgehead atoms. The highest BCUT2D eigenvalue weighted by atomic mass is 127. The normalized spacial score (nSPS) is 12.2.